The quantitative estimate of drug-likeness (QED) is 0.340. The Bertz CT molecular complexity index is 1250. The van der Waals surface area contributed by atoms with E-state index in [0.717, 1.165) is 24.6 Å². The third kappa shape index (κ3) is 5.65. The number of nitrogens with zero attached hydrogens (tertiary/aromatic N) is 1. The lowest BCUT2D eigenvalue weighted by molar-refractivity contribution is -0.147. The van der Waals surface area contributed by atoms with Crippen molar-refractivity contribution in [2.75, 3.05) is 13.6 Å². The van der Waals surface area contributed by atoms with Gasteiger partial charge in [-0.25, -0.2) is 0 Å². The predicted molar refractivity (Wildman–Crippen MR) is 132 cm³/mol. The molecule has 2 heterocycles. The molecule has 196 valence electrons. The van der Waals surface area contributed by atoms with Crippen molar-refractivity contribution in [2.24, 2.45) is 0 Å². The number of halogens is 3. The molecule has 8 nitrogen and oxygen atoms in total. The van der Waals surface area contributed by atoms with Gasteiger partial charge in [-0.15, -0.1) is 0 Å². The monoisotopic (exact) mass is 532 g/mol. The zero-order valence-electron chi connectivity index (χ0n) is 20.2. The van der Waals surface area contributed by atoms with Gasteiger partial charge in [-0.1, -0.05) is 35.9 Å². The summed E-state index contributed by atoms with van der Waals surface area (Å²) in [5.74, 6) is -6.48. The molecule has 2 aromatic rings. The maximum Gasteiger partial charge on any atom is 0.349 e. The van der Waals surface area contributed by atoms with Crippen LogP contribution >= 0.6 is 11.6 Å². The summed E-state index contributed by atoms with van der Waals surface area (Å²) in [5, 5.41) is 7.70. The molecular formula is C26H27ClF2N4O4. The van der Waals surface area contributed by atoms with Crippen molar-refractivity contribution in [1.29, 1.82) is 0 Å². The van der Waals surface area contributed by atoms with Crippen LogP contribution in [0.1, 0.15) is 51.9 Å². The lowest BCUT2D eigenvalue weighted by Gasteiger charge is -2.29. The molecule has 0 bridgehead atoms. The van der Waals surface area contributed by atoms with E-state index in [2.05, 4.69) is 16.0 Å². The van der Waals surface area contributed by atoms with Crippen LogP contribution < -0.4 is 16.0 Å². The van der Waals surface area contributed by atoms with Crippen molar-refractivity contribution >= 4 is 35.2 Å². The van der Waals surface area contributed by atoms with Crippen LogP contribution in [0.2, 0.25) is 5.02 Å². The molecule has 37 heavy (non-hydrogen) atoms. The predicted octanol–water partition coefficient (Wildman–Crippen LogP) is 2.66. The molecule has 1 atom stereocenters. The summed E-state index contributed by atoms with van der Waals surface area (Å²) >= 11 is 6.18. The van der Waals surface area contributed by atoms with Crippen molar-refractivity contribution in [3.05, 3.63) is 69.2 Å². The Morgan fingerprint density at radius 2 is 1.97 bits per heavy atom. The van der Waals surface area contributed by atoms with Crippen molar-refractivity contribution < 1.29 is 28.0 Å². The number of imide groups is 1. The molecule has 0 aromatic heterocycles. The third-order valence-electron chi connectivity index (χ3n) is 6.61. The number of piperidine rings is 1. The maximum atomic E-state index is 14.9. The average molecular weight is 533 g/mol. The molecule has 1 unspecified atom stereocenters. The first kappa shape index (κ1) is 26.7. The van der Waals surface area contributed by atoms with Crippen molar-refractivity contribution in [1.82, 2.24) is 20.9 Å². The molecular weight excluding hydrogens is 506 g/mol. The van der Waals surface area contributed by atoms with Gasteiger partial charge < -0.3 is 15.5 Å². The van der Waals surface area contributed by atoms with Crippen LogP contribution in [0.4, 0.5) is 8.78 Å². The van der Waals surface area contributed by atoms with E-state index in [1.807, 2.05) is 7.05 Å². The number of fused-ring (bicyclic) bond motifs is 1. The van der Waals surface area contributed by atoms with Gasteiger partial charge in [-0.3, -0.25) is 24.5 Å². The number of aryl methyl sites for hydroxylation is 1. The van der Waals surface area contributed by atoms with Gasteiger partial charge in [0.1, 0.15) is 6.04 Å². The fraction of sp³-hybridized carbons (Fsp3) is 0.385. The summed E-state index contributed by atoms with van der Waals surface area (Å²) in [5.41, 5.74) is 1.78. The minimum absolute atomic E-state index is 0.145. The number of nitrogens with one attached hydrogen (secondary N) is 3. The number of carbonyl (C=O) groups excluding carboxylic acids is 4. The smallest absolute Gasteiger partial charge is 0.346 e. The maximum absolute atomic E-state index is 14.9. The Hall–Kier alpha value is -3.37. The highest BCUT2D eigenvalue weighted by molar-refractivity contribution is 6.31. The lowest BCUT2D eigenvalue weighted by atomic mass is 10.0. The van der Waals surface area contributed by atoms with E-state index < -0.39 is 29.3 Å². The molecule has 11 heteroatoms. The fourth-order valence-corrected chi connectivity index (χ4v) is 4.84. The zero-order chi connectivity index (χ0) is 26.7. The fourth-order valence-electron chi connectivity index (χ4n) is 4.56. The Balaban J connectivity index is 1.39. The van der Waals surface area contributed by atoms with E-state index in [4.69, 9.17) is 11.6 Å². The third-order valence-corrected chi connectivity index (χ3v) is 6.97. The molecule has 2 aromatic carbocycles. The number of rotatable bonds is 9. The van der Waals surface area contributed by atoms with Crippen molar-refractivity contribution in [2.45, 2.75) is 50.7 Å². The van der Waals surface area contributed by atoms with Crippen molar-refractivity contribution in [3.8, 4) is 0 Å². The Morgan fingerprint density at radius 3 is 2.68 bits per heavy atom. The van der Waals surface area contributed by atoms with E-state index in [9.17, 15) is 28.0 Å². The summed E-state index contributed by atoms with van der Waals surface area (Å²) in [6, 6.07) is 7.87. The normalized spacial score (nSPS) is 17.6. The second kappa shape index (κ2) is 10.9. The Labute approximate surface area is 217 Å². The van der Waals surface area contributed by atoms with Crippen LogP contribution in [0.5, 0.6) is 0 Å². The van der Waals surface area contributed by atoms with E-state index in [0.29, 0.717) is 23.1 Å². The number of hydrogen-bond acceptors (Lipinski definition) is 5. The highest BCUT2D eigenvalue weighted by atomic mass is 35.5. The molecule has 4 amide bonds. The topological polar surface area (TPSA) is 108 Å². The van der Waals surface area contributed by atoms with E-state index in [1.165, 1.54) is 17.0 Å². The minimum atomic E-state index is -3.79. The van der Waals surface area contributed by atoms with Crippen LogP contribution in [-0.4, -0.2) is 48.2 Å². The number of carbonyl (C=O) groups is 4. The molecule has 2 aliphatic heterocycles. The Morgan fingerprint density at radius 1 is 1.19 bits per heavy atom. The van der Waals surface area contributed by atoms with E-state index in [1.54, 1.807) is 18.2 Å². The molecule has 0 spiro atoms. The molecule has 0 radical (unpaired) electrons. The van der Waals surface area contributed by atoms with Gasteiger partial charge in [-0.05, 0) is 61.7 Å². The molecule has 1 fully saturated rings. The van der Waals surface area contributed by atoms with E-state index >= 15 is 0 Å². The summed E-state index contributed by atoms with van der Waals surface area (Å²) in [6.07, 6.45) is 1.80. The first-order valence-electron chi connectivity index (χ1n) is 12.0. The zero-order valence-corrected chi connectivity index (χ0v) is 21.0. The van der Waals surface area contributed by atoms with Crippen LogP contribution in [0.15, 0.2) is 36.4 Å². The second-order valence-electron chi connectivity index (χ2n) is 9.16. The van der Waals surface area contributed by atoms with Crippen LogP contribution in [0.3, 0.4) is 0 Å². The lowest BCUT2D eigenvalue weighted by Crippen LogP contribution is -2.52. The molecule has 0 aliphatic carbocycles. The standard InChI is InChI=1S/C26H27ClF2N4O4/c1-30-10-2-3-16-5-6-18(12-20(16)27)26(28,29)25(37)31-13-15-4-7-19-17(11-15)14-33(24(19)36)21-8-9-22(34)32-23(21)35/h4-7,11-12,21,30H,2-3,8-10,13-14H2,1H3,(H,31,37)(H,32,34,35). The van der Waals surface area contributed by atoms with Crippen LogP contribution in [0, 0.1) is 0 Å². The average Bonchev–Trinajstić information content (AvgIpc) is 3.18. The minimum Gasteiger partial charge on any atom is -0.346 e. The van der Waals surface area contributed by atoms with E-state index in [-0.39, 0.29) is 42.8 Å². The SMILES string of the molecule is CNCCCc1ccc(C(F)(F)C(=O)NCc2ccc3c(c2)CN(C2CCC(=O)NC2=O)C3=O)cc1Cl. The van der Waals surface area contributed by atoms with Gasteiger partial charge in [0.05, 0.1) is 0 Å². The highest BCUT2D eigenvalue weighted by Gasteiger charge is 2.41. The van der Waals surface area contributed by atoms with Gasteiger partial charge in [0, 0.05) is 35.7 Å². The highest BCUT2D eigenvalue weighted by Crippen LogP contribution is 2.32. The Kier molecular flexibility index (Phi) is 7.89. The van der Waals surface area contributed by atoms with Gasteiger partial charge in [0.25, 0.3) is 11.8 Å². The first-order valence-corrected chi connectivity index (χ1v) is 12.4. The number of alkyl halides is 2. The van der Waals surface area contributed by atoms with Crippen LogP contribution in [-0.2, 0) is 39.8 Å². The summed E-state index contributed by atoms with van der Waals surface area (Å²) < 4.78 is 29.7. The van der Waals surface area contributed by atoms with Gasteiger partial charge in [-0.2, -0.15) is 8.78 Å². The van der Waals surface area contributed by atoms with Crippen molar-refractivity contribution in [3.63, 3.8) is 0 Å². The molecule has 4 rings (SSSR count). The molecule has 3 N–H and O–H groups in total. The number of hydrogen-bond donors (Lipinski definition) is 3. The van der Waals surface area contributed by atoms with Gasteiger partial charge >= 0.3 is 5.92 Å². The molecule has 0 saturated carbocycles. The first-order chi connectivity index (χ1) is 17.6. The van der Waals surface area contributed by atoms with Gasteiger partial charge in [0.15, 0.2) is 0 Å². The summed E-state index contributed by atoms with van der Waals surface area (Å²) in [4.78, 5) is 50.2. The molecule has 1 saturated heterocycles. The summed E-state index contributed by atoms with van der Waals surface area (Å²) in [6.45, 7) is 0.740. The molecule has 2 aliphatic rings. The van der Waals surface area contributed by atoms with Gasteiger partial charge in [0.2, 0.25) is 11.8 Å². The van der Waals surface area contributed by atoms with Crippen LogP contribution in [0.25, 0.3) is 0 Å². The number of benzene rings is 2. The number of amides is 4. The second-order valence-corrected chi connectivity index (χ2v) is 9.57. The summed E-state index contributed by atoms with van der Waals surface area (Å²) in [7, 11) is 1.82. The largest absolute Gasteiger partial charge is 0.349 e.